The molecule has 0 unspecified atom stereocenters. The number of esters is 1. The summed E-state index contributed by atoms with van der Waals surface area (Å²) < 4.78 is 4.86. The number of rotatable bonds is 7. The third-order valence-corrected chi connectivity index (χ3v) is 4.09. The van der Waals surface area contributed by atoms with Crippen LogP contribution in [0.2, 0.25) is 5.15 Å². The number of ether oxygens (including phenoxy) is 1. The third kappa shape index (κ3) is 6.05. The number of amides is 1. The second-order valence-corrected chi connectivity index (χ2v) is 6.00. The van der Waals surface area contributed by atoms with Crippen LogP contribution in [0.1, 0.15) is 0 Å². The summed E-state index contributed by atoms with van der Waals surface area (Å²) in [6, 6.07) is 8.94. The average Bonchev–Trinajstić information content (AvgIpc) is 2.60. The highest BCUT2D eigenvalue weighted by atomic mass is 35.5. The van der Waals surface area contributed by atoms with E-state index >= 15 is 0 Å². The van der Waals surface area contributed by atoms with E-state index < -0.39 is 23.4 Å². The summed E-state index contributed by atoms with van der Waals surface area (Å²) in [5, 5.41) is 13.2. The van der Waals surface area contributed by atoms with Gasteiger partial charge in [0.05, 0.1) is 16.4 Å². The summed E-state index contributed by atoms with van der Waals surface area (Å²) >= 11 is 6.95. The number of hydrogen-bond acceptors (Lipinski definition) is 7. The van der Waals surface area contributed by atoms with Crippen LogP contribution in [0.3, 0.4) is 0 Å². The van der Waals surface area contributed by atoms with Gasteiger partial charge in [0.15, 0.2) is 11.8 Å². The molecule has 0 bridgehead atoms. The fourth-order valence-corrected chi connectivity index (χ4v) is 2.52. The number of carbonyl (C=O) groups is 2. The Kier molecular flexibility index (Phi) is 6.72. The summed E-state index contributed by atoms with van der Waals surface area (Å²) in [5.74, 6) is -1.15. The molecule has 1 aromatic carbocycles. The molecule has 10 heteroatoms. The Morgan fingerprint density at radius 3 is 2.64 bits per heavy atom. The number of nitrogens with zero attached hydrogens (tertiary/aromatic N) is 2. The van der Waals surface area contributed by atoms with Crippen molar-refractivity contribution in [1.29, 1.82) is 0 Å². The summed E-state index contributed by atoms with van der Waals surface area (Å²) in [7, 11) is 0. The van der Waals surface area contributed by atoms with Gasteiger partial charge in [0.25, 0.3) is 11.6 Å². The highest BCUT2D eigenvalue weighted by Gasteiger charge is 2.11. The molecule has 130 valence electrons. The van der Waals surface area contributed by atoms with E-state index in [2.05, 4.69) is 10.3 Å². The van der Waals surface area contributed by atoms with Crippen LogP contribution in [0.5, 0.6) is 0 Å². The molecular weight excluding hydrogens is 370 g/mol. The second kappa shape index (κ2) is 9.00. The molecule has 1 N–H and O–H groups in total. The topological polar surface area (TPSA) is 111 Å². The Bertz CT molecular complexity index is 785. The molecule has 1 aromatic heterocycles. The summed E-state index contributed by atoms with van der Waals surface area (Å²) in [6.45, 7) is -0.453. The number of anilines is 1. The molecule has 2 aromatic rings. The minimum atomic E-state index is -0.587. The first-order valence-electron chi connectivity index (χ1n) is 6.89. The molecule has 8 nitrogen and oxygen atoms in total. The highest BCUT2D eigenvalue weighted by Crippen LogP contribution is 2.21. The summed E-state index contributed by atoms with van der Waals surface area (Å²) in [4.78, 5) is 37.9. The molecule has 1 amide bonds. The number of hydrogen-bond donors (Lipinski definition) is 1. The molecule has 0 saturated carbocycles. The van der Waals surface area contributed by atoms with E-state index in [1.54, 1.807) is 12.1 Å². The lowest BCUT2D eigenvalue weighted by molar-refractivity contribution is -0.384. The van der Waals surface area contributed by atoms with Crippen LogP contribution in [0.15, 0.2) is 47.5 Å². The fourth-order valence-electron chi connectivity index (χ4n) is 1.66. The molecule has 25 heavy (non-hydrogen) atoms. The number of carbonyl (C=O) groups excluding carboxylic acids is 2. The van der Waals surface area contributed by atoms with E-state index in [0.29, 0.717) is 10.6 Å². The number of benzene rings is 1. The standard InChI is InChI=1S/C15H12ClN3O5S/c16-15-12(2-1-7-17-15)18-13(20)8-24-14(21)9-25-11-5-3-10(4-6-11)19(22)23/h1-7H,8-9H2,(H,18,20). The zero-order chi connectivity index (χ0) is 18.2. The van der Waals surface area contributed by atoms with Gasteiger partial charge in [-0.05, 0) is 24.3 Å². The van der Waals surface area contributed by atoms with Crippen molar-refractivity contribution in [1.82, 2.24) is 4.98 Å². The van der Waals surface area contributed by atoms with E-state index in [4.69, 9.17) is 16.3 Å². The van der Waals surface area contributed by atoms with Crippen LogP contribution >= 0.6 is 23.4 Å². The van der Waals surface area contributed by atoms with Crippen molar-refractivity contribution in [3.63, 3.8) is 0 Å². The Morgan fingerprint density at radius 2 is 2.00 bits per heavy atom. The first kappa shape index (κ1) is 18.7. The van der Waals surface area contributed by atoms with E-state index in [0.717, 1.165) is 11.8 Å². The van der Waals surface area contributed by atoms with Gasteiger partial charge in [-0.2, -0.15) is 0 Å². The number of halogens is 1. The molecule has 0 fully saturated rings. The van der Waals surface area contributed by atoms with Gasteiger partial charge >= 0.3 is 5.97 Å². The average molecular weight is 382 g/mol. The minimum Gasteiger partial charge on any atom is -0.455 e. The van der Waals surface area contributed by atoms with Gasteiger partial charge in [-0.1, -0.05) is 11.6 Å². The number of pyridine rings is 1. The van der Waals surface area contributed by atoms with Gasteiger partial charge in [0.1, 0.15) is 0 Å². The normalized spacial score (nSPS) is 10.1. The molecule has 1 heterocycles. The van der Waals surface area contributed by atoms with Crippen LogP contribution in [-0.2, 0) is 14.3 Å². The van der Waals surface area contributed by atoms with E-state index in [1.807, 2.05) is 0 Å². The zero-order valence-electron chi connectivity index (χ0n) is 12.7. The van der Waals surface area contributed by atoms with Crippen molar-refractivity contribution in [2.75, 3.05) is 17.7 Å². The van der Waals surface area contributed by atoms with Crippen molar-refractivity contribution < 1.29 is 19.2 Å². The van der Waals surface area contributed by atoms with Crippen LogP contribution in [-0.4, -0.2) is 34.1 Å². The lowest BCUT2D eigenvalue weighted by atomic mass is 10.3. The molecule has 0 aliphatic heterocycles. The van der Waals surface area contributed by atoms with Gasteiger partial charge in [0, 0.05) is 23.2 Å². The predicted octanol–water partition coefficient (Wildman–Crippen LogP) is 2.92. The minimum absolute atomic E-state index is 0.0290. The second-order valence-electron chi connectivity index (χ2n) is 4.59. The number of aromatic nitrogens is 1. The summed E-state index contributed by atoms with van der Waals surface area (Å²) in [5.41, 5.74) is 0.295. The van der Waals surface area contributed by atoms with Gasteiger partial charge < -0.3 is 10.1 Å². The van der Waals surface area contributed by atoms with Gasteiger partial charge in [0.2, 0.25) is 0 Å². The van der Waals surface area contributed by atoms with Gasteiger partial charge in [-0.25, -0.2) is 4.98 Å². The molecule has 0 atom stereocenters. The van der Waals surface area contributed by atoms with Crippen molar-refractivity contribution in [2.24, 2.45) is 0 Å². The van der Waals surface area contributed by atoms with Crippen LogP contribution in [0, 0.1) is 10.1 Å². The Morgan fingerprint density at radius 1 is 1.28 bits per heavy atom. The van der Waals surface area contributed by atoms with E-state index in [9.17, 15) is 19.7 Å². The van der Waals surface area contributed by atoms with Crippen molar-refractivity contribution in [2.45, 2.75) is 4.90 Å². The number of nitrogens with one attached hydrogen (secondary N) is 1. The lowest BCUT2D eigenvalue weighted by Gasteiger charge is -2.07. The molecular formula is C15H12ClN3O5S. The van der Waals surface area contributed by atoms with Crippen LogP contribution < -0.4 is 5.32 Å². The first-order chi connectivity index (χ1) is 12.0. The maximum absolute atomic E-state index is 11.7. The summed E-state index contributed by atoms with van der Waals surface area (Å²) in [6.07, 6.45) is 1.48. The van der Waals surface area contributed by atoms with Gasteiger partial charge in [-0.15, -0.1) is 11.8 Å². The van der Waals surface area contributed by atoms with Crippen molar-refractivity contribution >= 4 is 46.6 Å². The molecule has 0 aliphatic rings. The Labute approximate surface area is 151 Å². The Balaban J connectivity index is 1.74. The largest absolute Gasteiger partial charge is 0.455 e. The maximum atomic E-state index is 11.7. The van der Waals surface area contributed by atoms with Crippen LogP contribution in [0.25, 0.3) is 0 Å². The molecule has 0 radical (unpaired) electrons. The number of nitro benzene ring substituents is 1. The van der Waals surface area contributed by atoms with Crippen molar-refractivity contribution in [3.8, 4) is 0 Å². The predicted molar refractivity (Wildman–Crippen MR) is 92.7 cm³/mol. The molecule has 0 saturated heterocycles. The number of non-ortho nitro benzene ring substituents is 1. The molecule has 2 rings (SSSR count). The van der Waals surface area contributed by atoms with Gasteiger partial charge in [-0.3, -0.25) is 19.7 Å². The molecule has 0 aliphatic carbocycles. The quantitative estimate of drug-likeness (QED) is 0.258. The number of thioether (sulfide) groups is 1. The Hall–Kier alpha value is -2.65. The lowest BCUT2D eigenvalue weighted by Crippen LogP contribution is -2.21. The van der Waals surface area contributed by atoms with E-state index in [-0.39, 0.29) is 16.6 Å². The SMILES string of the molecule is O=C(COC(=O)CSc1ccc([N+](=O)[O-])cc1)Nc1cccnc1Cl. The third-order valence-electron chi connectivity index (χ3n) is 2.80. The number of nitro groups is 1. The van der Waals surface area contributed by atoms with Crippen molar-refractivity contribution in [3.05, 3.63) is 57.9 Å². The van der Waals surface area contributed by atoms with E-state index in [1.165, 1.54) is 30.5 Å². The highest BCUT2D eigenvalue weighted by molar-refractivity contribution is 8.00. The molecule has 0 spiro atoms. The smallest absolute Gasteiger partial charge is 0.316 e. The maximum Gasteiger partial charge on any atom is 0.316 e. The first-order valence-corrected chi connectivity index (χ1v) is 8.25. The van der Waals surface area contributed by atoms with Crippen LogP contribution in [0.4, 0.5) is 11.4 Å². The monoisotopic (exact) mass is 381 g/mol. The fraction of sp³-hybridized carbons (Fsp3) is 0.133. The zero-order valence-corrected chi connectivity index (χ0v) is 14.2.